The van der Waals surface area contributed by atoms with Crippen molar-refractivity contribution in [3.63, 3.8) is 0 Å². The number of carbonyl (C=O) groups excluding carboxylic acids is 4. The van der Waals surface area contributed by atoms with Crippen molar-refractivity contribution < 1.29 is 80.2 Å². The van der Waals surface area contributed by atoms with Gasteiger partial charge in [-0.15, -0.1) is 0 Å². The van der Waals surface area contributed by atoms with Crippen molar-refractivity contribution in [2.75, 3.05) is 39.6 Å². The van der Waals surface area contributed by atoms with Crippen LogP contribution in [0.1, 0.15) is 402 Å². The molecule has 19 heteroatoms. The molecule has 0 aliphatic heterocycles. The molecule has 576 valence electrons. The van der Waals surface area contributed by atoms with Gasteiger partial charge in [0.2, 0.25) is 0 Å². The second kappa shape index (κ2) is 68.5. The molecular formula is C78H152O17P2. The Labute approximate surface area is 594 Å². The smallest absolute Gasteiger partial charge is 0.462 e. The summed E-state index contributed by atoms with van der Waals surface area (Å²) in [5, 5.41) is 10.6. The summed E-state index contributed by atoms with van der Waals surface area (Å²) in [7, 11) is -9.91. The van der Waals surface area contributed by atoms with Gasteiger partial charge in [-0.05, 0) is 43.4 Å². The summed E-state index contributed by atoms with van der Waals surface area (Å²) < 4.78 is 68.6. The van der Waals surface area contributed by atoms with Crippen LogP contribution < -0.4 is 0 Å². The van der Waals surface area contributed by atoms with E-state index in [0.29, 0.717) is 25.7 Å². The Kier molecular flexibility index (Phi) is 67.1. The number of phosphoric acid groups is 2. The Bertz CT molecular complexity index is 1890. The standard InChI is InChI=1S/C78H152O17P2/c1-8-9-10-11-12-13-14-25-31-40-47-54-61-77(82)95-74(66-89-76(81)60-53-46-39-34-33-37-44-51-58-71(6)7)68-93-97(86,87)91-64-72(79)63-90-96(84,85)92-67-73(94-78(83)62-55-48-41-32-27-22-18-16-20-24-29-36-43-50-57-70(4)5)65-88-75(80)59-52-45-38-30-26-21-17-15-19-23-28-35-42-49-56-69(2)3/h69-74,79H,8-68H2,1-7H3,(H,84,85)(H,86,87)/t72-,73-,74-/m1/s1. The summed E-state index contributed by atoms with van der Waals surface area (Å²) in [5.74, 6) is 0.207. The molecular weight excluding hydrogens is 1270 g/mol. The van der Waals surface area contributed by atoms with E-state index >= 15 is 0 Å². The number of unbranched alkanes of at least 4 members (excludes halogenated alkanes) is 44. The summed E-state index contributed by atoms with van der Waals surface area (Å²) >= 11 is 0. The lowest BCUT2D eigenvalue weighted by molar-refractivity contribution is -0.161. The number of hydrogen-bond acceptors (Lipinski definition) is 15. The first-order valence-electron chi connectivity index (χ1n) is 40.3. The van der Waals surface area contributed by atoms with Crippen molar-refractivity contribution in [2.24, 2.45) is 17.8 Å². The van der Waals surface area contributed by atoms with Gasteiger partial charge < -0.3 is 33.8 Å². The predicted molar refractivity (Wildman–Crippen MR) is 395 cm³/mol. The molecule has 0 aromatic heterocycles. The highest BCUT2D eigenvalue weighted by Gasteiger charge is 2.30. The molecule has 5 atom stereocenters. The second-order valence-electron chi connectivity index (χ2n) is 29.5. The van der Waals surface area contributed by atoms with E-state index in [1.807, 2.05) is 0 Å². The molecule has 0 aliphatic rings. The quantitative estimate of drug-likeness (QED) is 0.0222. The van der Waals surface area contributed by atoms with E-state index in [9.17, 15) is 43.2 Å². The third-order valence-corrected chi connectivity index (χ3v) is 20.0. The van der Waals surface area contributed by atoms with Crippen molar-refractivity contribution in [3.8, 4) is 0 Å². The molecule has 0 aromatic rings. The molecule has 2 unspecified atom stereocenters. The van der Waals surface area contributed by atoms with Crippen LogP contribution in [0.5, 0.6) is 0 Å². The SMILES string of the molecule is CCCCCCCCCCCCCCC(=O)O[C@H](COC(=O)CCCCCCCCCCC(C)C)COP(=O)(O)OC[C@H](O)COP(=O)(O)OC[C@@H](COC(=O)CCCCCCCCCCCCCCCCC(C)C)OC(=O)CCCCCCCCCCCCCCCCC(C)C. The molecule has 17 nitrogen and oxygen atoms in total. The van der Waals surface area contributed by atoms with Gasteiger partial charge in [-0.3, -0.25) is 37.3 Å². The zero-order valence-electron chi connectivity index (χ0n) is 63.5. The van der Waals surface area contributed by atoms with Crippen molar-refractivity contribution in [1.82, 2.24) is 0 Å². The minimum atomic E-state index is -4.96. The van der Waals surface area contributed by atoms with E-state index in [4.69, 9.17) is 37.0 Å². The molecule has 0 saturated heterocycles. The van der Waals surface area contributed by atoms with Crippen molar-refractivity contribution in [1.29, 1.82) is 0 Å². The zero-order chi connectivity index (χ0) is 71.6. The molecule has 0 aromatic carbocycles. The third kappa shape index (κ3) is 72.2. The Balaban J connectivity index is 5.25. The van der Waals surface area contributed by atoms with Gasteiger partial charge >= 0.3 is 39.5 Å². The van der Waals surface area contributed by atoms with Gasteiger partial charge in [0.1, 0.15) is 19.3 Å². The number of rotatable bonds is 76. The van der Waals surface area contributed by atoms with Gasteiger partial charge in [-0.1, -0.05) is 350 Å². The summed E-state index contributed by atoms with van der Waals surface area (Å²) in [6.45, 7) is 11.9. The Morgan fingerprint density at radius 3 is 0.701 bits per heavy atom. The van der Waals surface area contributed by atoms with E-state index in [2.05, 4.69) is 48.5 Å². The molecule has 0 aliphatic carbocycles. The molecule has 0 amide bonds. The number of ether oxygens (including phenoxy) is 4. The minimum Gasteiger partial charge on any atom is -0.462 e. The first-order valence-corrected chi connectivity index (χ1v) is 43.3. The van der Waals surface area contributed by atoms with E-state index in [-0.39, 0.29) is 25.7 Å². The lowest BCUT2D eigenvalue weighted by Gasteiger charge is -2.21. The summed E-state index contributed by atoms with van der Waals surface area (Å²) in [6.07, 6.45) is 55.4. The van der Waals surface area contributed by atoms with Crippen molar-refractivity contribution in [2.45, 2.75) is 420 Å². The maximum absolute atomic E-state index is 13.1. The zero-order valence-corrected chi connectivity index (χ0v) is 65.3. The van der Waals surface area contributed by atoms with Gasteiger partial charge in [-0.2, -0.15) is 0 Å². The van der Waals surface area contributed by atoms with Crippen LogP contribution in [0.25, 0.3) is 0 Å². The summed E-state index contributed by atoms with van der Waals surface area (Å²) in [6, 6.07) is 0. The summed E-state index contributed by atoms with van der Waals surface area (Å²) in [5.41, 5.74) is 0. The highest BCUT2D eigenvalue weighted by molar-refractivity contribution is 7.47. The fourth-order valence-corrected chi connectivity index (χ4v) is 13.5. The van der Waals surface area contributed by atoms with Crippen LogP contribution in [0.4, 0.5) is 0 Å². The lowest BCUT2D eigenvalue weighted by atomic mass is 10.0. The maximum Gasteiger partial charge on any atom is 0.472 e. The second-order valence-corrected chi connectivity index (χ2v) is 32.4. The van der Waals surface area contributed by atoms with Crippen LogP contribution >= 0.6 is 15.6 Å². The van der Waals surface area contributed by atoms with Crippen molar-refractivity contribution in [3.05, 3.63) is 0 Å². The highest BCUT2D eigenvalue weighted by Crippen LogP contribution is 2.45. The van der Waals surface area contributed by atoms with E-state index in [1.54, 1.807) is 0 Å². The Hall–Kier alpha value is -1.94. The predicted octanol–water partition coefficient (Wildman–Crippen LogP) is 23.0. The topological polar surface area (TPSA) is 237 Å². The van der Waals surface area contributed by atoms with Crippen LogP contribution in [-0.4, -0.2) is 96.7 Å². The van der Waals surface area contributed by atoms with Gasteiger partial charge in [-0.25, -0.2) is 9.13 Å². The third-order valence-electron chi connectivity index (χ3n) is 18.1. The molecule has 0 rings (SSSR count). The van der Waals surface area contributed by atoms with Crippen LogP contribution in [0.15, 0.2) is 0 Å². The van der Waals surface area contributed by atoms with Gasteiger partial charge in [0, 0.05) is 25.7 Å². The fraction of sp³-hybridized carbons (Fsp3) is 0.949. The molecule has 0 spiro atoms. The molecule has 0 bridgehead atoms. The first-order chi connectivity index (χ1) is 46.7. The summed E-state index contributed by atoms with van der Waals surface area (Å²) in [4.78, 5) is 72.9. The minimum absolute atomic E-state index is 0.107. The van der Waals surface area contributed by atoms with Crippen LogP contribution in [-0.2, 0) is 65.4 Å². The van der Waals surface area contributed by atoms with Crippen LogP contribution in [0.3, 0.4) is 0 Å². The van der Waals surface area contributed by atoms with E-state index in [1.165, 1.54) is 212 Å². The van der Waals surface area contributed by atoms with Crippen LogP contribution in [0.2, 0.25) is 0 Å². The average Bonchev–Trinajstić information content (AvgIpc) is 1.06. The molecule has 3 N–H and O–H groups in total. The number of aliphatic hydroxyl groups is 1. The van der Waals surface area contributed by atoms with Gasteiger partial charge in [0.25, 0.3) is 0 Å². The molecule has 0 saturated carbocycles. The van der Waals surface area contributed by atoms with Crippen molar-refractivity contribution >= 4 is 39.5 Å². The number of esters is 4. The monoisotopic (exact) mass is 1420 g/mol. The molecule has 0 fully saturated rings. The van der Waals surface area contributed by atoms with E-state index in [0.717, 1.165) is 108 Å². The molecule has 0 radical (unpaired) electrons. The largest absolute Gasteiger partial charge is 0.472 e. The van der Waals surface area contributed by atoms with Gasteiger partial charge in [0.15, 0.2) is 12.2 Å². The van der Waals surface area contributed by atoms with E-state index < -0.39 is 97.5 Å². The first kappa shape index (κ1) is 95.1. The number of carbonyl (C=O) groups is 4. The lowest BCUT2D eigenvalue weighted by Crippen LogP contribution is -2.30. The average molecular weight is 1420 g/mol. The maximum atomic E-state index is 13.1. The van der Waals surface area contributed by atoms with Crippen LogP contribution in [0, 0.1) is 17.8 Å². The Morgan fingerprint density at radius 2 is 0.474 bits per heavy atom. The van der Waals surface area contributed by atoms with Gasteiger partial charge in [0.05, 0.1) is 26.4 Å². The number of hydrogen-bond donors (Lipinski definition) is 3. The molecule has 97 heavy (non-hydrogen) atoms. The fourth-order valence-electron chi connectivity index (χ4n) is 12.0. The Morgan fingerprint density at radius 1 is 0.278 bits per heavy atom. The number of phosphoric ester groups is 2. The molecule has 0 heterocycles. The highest BCUT2D eigenvalue weighted by atomic mass is 31.2. The normalized spacial score (nSPS) is 14.0. The number of aliphatic hydroxyl groups excluding tert-OH is 1.